The first-order chi connectivity index (χ1) is 8.63. The van der Waals surface area contributed by atoms with Gasteiger partial charge in [0.1, 0.15) is 15.6 Å². The maximum atomic E-state index is 11.7. The summed E-state index contributed by atoms with van der Waals surface area (Å²) < 4.78 is 52.5. The van der Waals surface area contributed by atoms with Crippen molar-refractivity contribution in [3.05, 3.63) is 18.2 Å². The zero-order chi connectivity index (χ0) is 14.7. The van der Waals surface area contributed by atoms with Crippen LogP contribution in [0.4, 0.5) is 11.4 Å². The highest BCUT2D eigenvalue weighted by atomic mass is 32.2. The number of sulfone groups is 1. The molecule has 0 bridgehead atoms. The third-order valence-electron chi connectivity index (χ3n) is 2.23. The van der Waals surface area contributed by atoms with Crippen molar-refractivity contribution < 1.29 is 21.6 Å². The standard InChI is InChI=1S/C10H16N2O5S2/c1-17-10-7-8(3-4-9(10)11)12-19(15,16)6-5-18(2,13)14/h3-4,7,12H,5-6,11H2,1-2H3. The number of sulfonamides is 1. The first kappa shape index (κ1) is 15.6. The van der Waals surface area contributed by atoms with Crippen molar-refractivity contribution in [2.24, 2.45) is 0 Å². The fraction of sp³-hybridized carbons (Fsp3) is 0.400. The number of hydrogen-bond donors (Lipinski definition) is 2. The molecule has 0 atom stereocenters. The number of ether oxygens (including phenoxy) is 1. The van der Waals surface area contributed by atoms with E-state index >= 15 is 0 Å². The number of nitrogens with one attached hydrogen (secondary N) is 1. The number of rotatable bonds is 6. The molecule has 108 valence electrons. The van der Waals surface area contributed by atoms with Crippen LogP contribution in [0.5, 0.6) is 5.75 Å². The summed E-state index contributed by atoms with van der Waals surface area (Å²) in [7, 11) is -5.65. The van der Waals surface area contributed by atoms with Crippen LogP contribution < -0.4 is 15.2 Å². The van der Waals surface area contributed by atoms with E-state index in [2.05, 4.69) is 4.72 Å². The van der Waals surface area contributed by atoms with Crippen LogP contribution in [-0.4, -0.2) is 41.7 Å². The van der Waals surface area contributed by atoms with Crippen LogP contribution in [0.15, 0.2) is 18.2 Å². The molecular weight excluding hydrogens is 292 g/mol. The molecule has 1 rings (SSSR count). The molecule has 0 saturated heterocycles. The lowest BCUT2D eigenvalue weighted by Crippen LogP contribution is -2.22. The summed E-state index contributed by atoms with van der Waals surface area (Å²) in [6.45, 7) is 0. The van der Waals surface area contributed by atoms with Crippen molar-refractivity contribution in [2.75, 3.05) is 35.3 Å². The van der Waals surface area contributed by atoms with Gasteiger partial charge in [-0.1, -0.05) is 0 Å². The highest BCUT2D eigenvalue weighted by molar-refractivity contribution is 7.95. The average molecular weight is 308 g/mol. The monoisotopic (exact) mass is 308 g/mol. The number of nitrogen functional groups attached to an aromatic ring is 1. The maximum Gasteiger partial charge on any atom is 0.233 e. The van der Waals surface area contributed by atoms with E-state index in [1.54, 1.807) is 0 Å². The van der Waals surface area contributed by atoms with E-state index in [1.165, 1.54) is 25.3 Å². The van der Waals surface area contributed by atoms with E-state index in [-0.39, 0.29) is 5.69 Å². The summed E-state index contributed by atoms with van der Waals surface area (Å²) in [5.74, 6) is -0.601. The van der Waals surface area contributed by atoms with Crippen LogP contribution in [-0.2, 0) is 19.9 Å². The lowest BCUT2D eigenvalue weighted by molar-refractivity contribution is 0.417. The van der Waals surface area contributed by atoms with Gasteiger partial charge in [0.25, 0.3) is 0 Å². The summed E-state index contributed by atoms with van der Waals surface area (Å²) >= 11 is 0. The van der Waals surface area contributed by atoms with E-state index in [0.29, 0.717) is 11.4 Å². The first-order valence-corrected chi connectivity index (χ1v) is 8.96. The molecule has 0 amide bonds. The average Bonchev–Trinajstić information content (AvgIpc) is 2.28. The molecule has 0 fully saturated rings. The Morgan fingerprint density at radius 1 is 1.21 bits per heavy atom. The van der Waals surface area contributed by atoms with Gasteiger partial charge < -0.3 is 10.5 Å². The zero-order valence-electron chi connectivity index (χ0n) is 10.6. The van der Waals surface area contributed by atoms with Crippen molar-refractivity contribution in [3.63, 3.8) is 0 Å². The molecule has 9 heteroatoms. The van der Waals surface area contributed by atoms with Crippen LogP contribution in [0.3, 0.4) is 0 Å². The summed E-state index contributed by atoms with van der Waals surface area (Å²) in [4.78, 5) is 0. The molecule has 19 heavy (non-hydrogen) atoms. The number of anilines is 2. The number of nitrogens with two attached hydrogens (primary N) is 1. The lowest BCUT2D eigenvalue weighted by atomic mass is 10.3. The third kappa shape index (κ3) is 5.35. The van der Waals surface area contributed by atoms with Crippen molar-refractivity contribution in [2.45, 2.75) is 0 Å². The van der Waals surface area contributed by atoms with Gasteiger partial charge in [-0.3, -0.25) is 4.72 Å². The highest BCUT2D eigenvalue weighted by Gasteiger charge is 2.15. The predicted molar refractivity (Wildman–Crippen MR) is 74.5 cm³/mol. The van der Waals surface area contributed by atoms with Crippen molar-refractivity contribution in [1.29, 1.82) is 0 Å². The molecule has 0 radical (unpaired) electrons. The number of hydrogen-bond acceptors (Lipinski definition) is 6. The van der Waals surface area contributed by atoms with Gasteiger partial charge in [0.15, 0.2) is 0 Å². The van der Waals surface area contributed by atoms with Gasteiger partial charge in [-0.25, -0.2) is 16.8 Å². The van der Waals surface area contributed by atoms with Crippen molar-refractivity contribution >= 4 is 31.2 Å². The quantitative estimate of drug-likeness (QED) is 0.718. The van der Waals surface area contributed by atoms with Gasteiger partial charge in [-0.2, -0.15) is 0 Å². The van der Waals surface area contributed by atoms with Gasteiger partial charge in [-0.15, -0.1) is 0 Å². The molecule has 0 aliphatic rings. The number of methoxy groups -OCH3 is 1. The van der Waals surface area contributed by atoms with Gasteiger partial charge in [0, 0.05) is 12.3 Å². The van der Waals surface area contributed by atoms with Crippen molar-refractivity contribution in [3.8, 4) is 5.75 Å². The minimum absolute atomic E-state index is 0.263. The molecule has 1 aromatic carbocycles. The Balaban J connectivity index is 2.84. The normalized spacial score (nSPS) is 12.1. The number of benzene rings is 1. The Labute approximate surface area is 112 Å². The van der Waals surface area contributed by atoms with Crippen LogP contribution in [0.1, 0.15) is 0 Å². The first-order valence-electron chi connectivity index (χ1n) is 5.25. The molecule has 0 saturated carbocycles. The molecule has 7 nitrogen and oxygen atoms in total. The lowest BCUT2D eigenvalue weighted by Gasteiger charge is -2.10. The predicted octanol–water partition coefficient (Wildman–Crippen LogP) is 0.0637. The second-order valence-electron chi connectivity index (χ2n) is 4.01. The fourth-order valence-corrected chi connectivity index (χ4v) is 3.94. The molecule has 0 unspecified atom stereocenters. The Bertz CT molecular complexity index is 652. The van der Waals surface area contributed by atoms with Crippen molar-refractivity contribution in [1.82, 2.24) is 0 Å². The molecule has 0 aliphatic carbocycles. The van der Waals surface area contributed by atoms with E-state index in [4.69, 9.17) is 10.5 Å². The van der Waals surface area contributed by atoms with Gasteiger partial charge >= 0.3 is 0 Å². The molecule has 0 aliphatic heterocycles. The maximum absolute atomic E-state index is 11.7. The van der Waals surface area contributed by atoms with Crippen LogP contribution >= 0.6 is 0 Å². The second kappa shape index (κ2) is 5.66. The van der Waals surface area contributed by atoms with E-state index in [9.17, 15) is 16.8 Å². The largest absolute Gasteiger partial charge is 0.495 e. The molecule has 0 heterocycles. The highest BCUT2D eigenvalue weighted by Crippen LogP contribution is 2.25. The van der Waals surface area contributed by atoms with Crippen LogP contribution in [0.2, 0.25) is 0 Å². The van der Waals surface area contributed by atoms with E-state index in [1.807, 2.05) is 0 Å². The Morgan fingerprint density at radius 3 is 2.37 bits per heavy atom. The summed E-state index contributed by atoms with van der Waals surface area (Å²) in [6, 6.07) is 4.39. The minimum Gasteiger partial charge on any atom is -0.495 e. The Kier molecular flexibility index (Phi) is 4.64. The molecule has 0 aromatic heterocycles. The summed E-state index contributed by atoms with van der Waals surface area (Å²) in [6.07, 6.45) is 0.981. The smallest absolute Gasteiger partial charge is 0.233 e. The van der Waals surface area contributed by atoms with E-state index in [0.717, 1.165) is 6.26 Å². The van der Waals surface area contributed by atoms with Gasteiger partial charge in [-0.05, 0) is 12.1 Å². The van der Waals surface area contributed by atoms with Gasteiger partial charge in [0.05, 0.1) is 30.0 Å². The molecule has 1 aromatic rings. The fourth-order valence-electron chi connectivity index (χ4n) is 1.27. The Hall–Kier alpha value is -1.48. The molecule has 3 N–H and O–H groups in total. The molecule has 0 spiro atoms. The zero-order valence-corrected chi connectivity index (χ0v) is 12.2. The summed E-state index contributed by atoms with van der Waals surface area (Å²) in [5, 5.41) is 0. The van der Waals surface area contributed by atoms with Crippen LogP contribution in [0, 0.1) is 0 Å². The van der Waals surface area contributed by atoms with Gasteiger partial charge in [0.2, 0.25) is 10.0 Å². The third-order valence-corrected chi connectivity index (χ3v) is 4.72. The summed E-state index contributed by atoms with van der Waals surface area (Å²) in [5.41, 5.74) is 6.24. The Morgan fingerprint density at radius 2 is 1.84 bits per heavy atom. The van der Waals surface area contributed by atoms with Crippen LogP contribution in [0.25, 0.3) is 0 Å². The minimum atomic E-state index is -3.73. The van der Waals surface area contributed by atoms with E-state index < -0.39 is 31.4 Å². The SMILES string of the molecule is COc1cc(NS(=O)(=O)CCS(C)(=O)=O)ccc1N. The second-order valence-corrected chi connectivity index (χ2v) is 8.11. The molecular formula is C10H16N2O5S2. The topological polar surface area (TPSA) is 116 Å².